The van der Waals surface area contributed by atoms with Crippen molar-refractivity contribution in [3.8, 4) is 0 Å². The van der Waals surface area contributed by atoms with Crippen molar-refractivity contribution in [1.82, 2.24) is 15.1 Å². The fourth-order valence-electron chi connectivity index (χ4n) is 1.46. The molecule has 1 N–H and O–H groups in total. The summed E-state index contributed by atoms with van der Waals surface area (Å²) in [6.45, 7) is 9.66. The lowest BCUT2D eigenvalue weighted by Crippen LogP contribution is -2.16. The Kier molecular flexibility index (Phi) is 5.40. The van der Waals surface area contributed by atoms with Crippen molar-refractivity contribution in [2.75, 3.05) is 6.54 Å². The molecule has 0 radical (unpaired) electrons. The van der Waals surface area contributed by atoms with Gasteiger partial charge in [-0.25, -0.2) is 0 Å². The predicted molar refractivity (Wildman–Crippen MR) is 63.7 cm³/mol. The molecule has 1 heterocycles. The maximum atomic E-state index is 4.47. The molecule has 86 valence electrons. The molecule has 0 unspecified atom stereocenters. The normalized spacial score (nSPS) is 11.2. The Morgan fingerprint density at radius 3 is 2.93 bits per heavy atom. The van der Waals surface area contributed by atoms with Gasteiger partial charge in [-0.1, -0.05) is 20.8 Å². The number of rotatable bonds is 7. The summed E-state index contributed by atoms with van der Waals surface area (Å²) in [6, 6.07) is 2.10. The second kappa shape index (κ2) is 6.62. The molecule has 1 aromatic heterocycles. The lowest BCUT2D eigenvalue weighted by molar-refractivity contribution is 0.529. The van der Waals surface area contributed by atoms with Gasteiger partial charge in [0.05, 0.1) is 5.69 Å². The van der Waals surface area contributed by atoms with Crippen molar-refractivity contribution in [3.63, 3.8) is 0 Å². The zero-order valence-corrected chi connectivity index (χ0v) is 10.2. The molecule has 0 fully saturated rings. The van der Waals surface area contributed by atoms with Crippen LogP contribution in [0.15, 0.2) is 12.3 Å². The standard InChI is InChI=1S/C12H23N3/c1-4-8-15-9-6-12(14-15)10-13-7-5-11(2)3/h6,9,11,13H,4-5,7-8,10H2,1-3H3. The highest BCUT2D eigenvalue weighted by Gasteiger charge is 1.98. The smallest absolute Gasteiger partial charge is 0.0762 e. The molecule has 0 saturated heterocycles. The molecule has 0 aromatic carbocycles. The fraction of sp³-hybridized carbons (Fsp3) is 0.750. The summed E-state index contributed by atoms with van der Waals surface area (Å²) in [5, 5.41) is 7.88. The Hall–Kier alpha value is -0.830. The third-order valence-electron chi connectivity index (χ3n) is 2.35. The van der Waals surface area contributed by atoms with Crippen molar-refractivity contribution >= 4 is 0 Å². The lowest BCUT2D eigenvalue weighted by Gasteiger charge is -2.05. The molecule has 3 nitrogen and oxygen atoms in total. The van der Waals surface area contributed by atoms with Gasteiger partial charge in [-0.05, 0) is 31.4 Å². The molecule has 0 bridgehead atoms. The summed E-state index contributed by atoms with van der Waals surface area (Å²) < 4.78 is 2.01. The van der Waals surface area contributed by atoms with E-state index in [4.69, 9.17) is 0 Å². The Balaban J connectivity index is 2.19. The SMILES string of the molecule is CCCn1ccc(CNCCC(C)C)n1. The predicted octanol–water partition coefficient (Wildman–Crippen LogP) is 2.43. The highest BCUT2D eigenvalue weighted by atomic mass is 15.3. The molecule has 0 aliphatic rings. The molecule has 0 atom stereocenters. The molecule has 1 aromatic rings. The summed E-state index contributed by atoms with van der Waals surface area (Å²) in [7, 11) is 0. The molecule has 0 spiro atoms. The van der Waals surface area contributed by atoms with Gasteiger partial charge in [0.2, 0.25) is 0 Å². The van der Waals surface area contributed by atoms with Gasteiger partial charge in [-0.2, -0.15) is 5.10 Å². The van der Waals surface area contributed by atoms with E-state index in [0.29, 0.717) is 0 Å². The summed E-state index contributed by atoms with van der Waals surface area (Å²) in [5.41, 5.74) is 1.15. The van der Waals surface area contributed by atoms with Gasteiger partial charge in [0, 0.05) is 19.3 Å². The maximum Gasteiger partial charge on any atom is 0.0762 e. The van der Waals surface area contributed by atoms with Gasteiger partial charge in [0.15, 0.2) is 0 Å². The van der Waals surface area contributed by atoms with Crippen molar-refractivity contribution < 1.29 is 0 Å². The molecular formula is C12H23N3. The second-order valence-electron chi connectivity index (χ2n) is 4.43. The second-order valence-corrected chi connectivity index (χ2v) is 4.43. The van der Waals surface area contributed by atoms with Crippen molar-refractivity contribution in [2.45, 2.75) is 46.7 Å². The van der Waals surface area contributed by atoms with Crippen LogP contribution in [0.4, 0.5) is 0 Å². The quantitative estimate of drug-likeness (QED) is 0.699. The topological polar surface area (TPSA) is 29.9 Å². The third-order valence-corrected chi connectivity index (χ3v) is 2.35. The van der Waals surface area contributed by atoms with Crippen LogP contribution in [0.3, 0.4) is 0 Å². The minimum absolute atomic E-state index is 0.773. The van der Waals surface area contributed by atoms with Crippen LogP contribution in [0.1, 0.15) is 39.3 Å². The summed E-state index contributed by atoms with van der Waals surface area (Å²) in [5.74, 6) is 0.773. The number of hydrogen-bond donors (Lipinski definition) is 1. The Morgan fingerprint density at radius 1 is 1.47 bits per heavy atom. The van der Waals surface area contributed by atoms with Crippen LogP contribution in [-0.4, -0.2) is 16.3 Å². The zero-order valence-electron chi connectivity index (χ0n) is 10.2. The lowest BCUT2D eigenvalue weighted by atomic mass is 10.1. The molecule has 0 amide bonds. The van der Waals surface area contributed by atoms with E-state index < -0.39 is 0 Å². The molecular weight excluding hydrogens is 186 g/mol. The fourth-order valence-corrected chi connectivity index (χ4v) is 1.46. The van der Waals surface area contributed by atoms with E-state index in [-0.39, 0.29) is 0 Å². The van der Waals surface area contributed by atoms with Gasteiger partial charge in [-0.3, -0.25) is 4.68 Å². The van der Waals surface area contributed by atoms with E-state index in [2.05, 4.69) is 43.4 Å². The van der Waals surface area contributed by atoms with Crippen LogP contribution in [0, 0.1) is 5.92 Å². The van der Waals surface area contributed by atoms with E-state index in [1.54, 1.807) is 0 Å². The zero-order chi connectivity index (χ0) is 11.1. The van der Waals surface area contributed by atoms with Crippen molar-refractivity contribution in [1.29, 1.82) is 0 Å². The number of aromatic nitrogens is 2. The number of nitrogens with zero attached hydrogens (tertiary/aromatic N) is 2. The first-order valence-electron chi connectivity index (χ1n) is 5.95. The van der Waals surface area contributed by atoms with Crippen molar-refractivity contribution in [2.24, 2.45) is 5.92 Å². The highest BCUT2D eigenvalue weighted by molar-refractivity contribution is 4.98. The maximum absolute atomic E-state index is 4.47. The minimum Gasteiger partial charge on any atom is -0.311 e. The van der Waals surface area contributed by atoms with Crippen LogP contribution in [0.2, 0.25) is 0 Å². The van der Waals surface area contributed by atoms with Gasteiger partial charge >= 0.3 is 0 Å². The largest absolute Gasteiger partial charge is 0.311 e. The minimum atomic E-state index is 0.773. The average molecular weight is 209 g/mol. The molecule has 1 rings (SSSR count). The van der Waals surface area contributed by atoms with Crippen LogP contribution in [0.25, 0.3) is 0 Å². The van der Waals surface area contributed by atoms with E-state index in [0.717, 1.165) is 37.7 Å². The summed E-state index contributed by atoms with van der Waals surface area (Å²) >= 11 is 0. The van der Waals surface area contributed by atoms with Gasteiger partial charge in [0.25, 0.3) is 0 Å². The summed E-state index contributed by atoms with van der Waals surface area (Å²) in [4.78, 5) is 0. The highest BCUT2D eigenvalue weighted by Crippen LogP contribution is 1.99. The Morgan fingerprint density at radius 2 is 2.27 bits per heavy atom. The Labute approximate surface area is 92.9 Å². The van der Waals surface area contributed by atoms with Crippen LogP contribution in [-0.2, 0) is 13.1 Å². The van der Waals surface area contributed by atoms with Gasteiger partial charge in [-0.15, -0.1) is 0 Å². The molecule has 15 heavy (non-hydrogen) atoms. The van der Waals surface area contributed by atoms with Crippen LogP contribution >= 0.6 is 0 Å². The Bertz CT molecular complexity index is 266. The van der Waals surface area contributed by atoms with Gasteiger partial charge in [0.1, 0.15) is 0 Å². The molecule has 0 aliphatic heterocycles. The summed E-state index contributed by atoms with van der Waals surface area (Å²) in [6.07, 6.45) is 4.43. The van der Waals surface area contributed by atoms with E-state index >= 15 is 0 Å². The number of nitrogens with one attached hydrogen (secondary N) is 1. The van der Waals surface area contributed by atoms with Gasteiger partial charge < -0.3 is 5.32 Å². The number of hydrogen-bond acceptors (Lipinski definition) is 2. The molecule has 0 aliphatic carbocycles. The van der Waals surface area contributed by atoms with Crippen molar-refractivity contribution in [3.05, 3.63) is 18.0 Å². The first-order valence-corrected chi connectivity index (χ1v) is 5.95. The average Bonchev–Trinajstić information content (AvgIpc) is 2.61. The van der Waals surface area contributed by atoms with Crippen LogP contribution < -0.4 is 5.32 Å². The first kappa shape index (κ1) is 12.2. The van der Waals surface area contributed by atoms with E-state index in [1.807, 2.05) is 4.68 Å². The molecule has 3 heteroatoms. The first-order chi connectivity index (χ1) is 7.22. The number of aryl methyl sites for hydroxylation is 1. The van der Waals surface area contributed by atoms with Crippen LogP contribution in [0.5, 0.6) is 0 Å². The monoisotopic (exact) mass is 209 g/mol. The third kappa shape index (κ3) is 4.98. The molecule has 0 saturated carbocycles. The van der Waals surface area contributed by atoms with E-state index in [1.165, 1.54) is 6.42 Å². The van der Waals surface area contributed by atoms with E-state index in [9.17, 15) is 0 Å².